The molecule has 1 saturated carbocycles. The van der Waals surface area contributed by atoms with E-state index in [-0.39, 0.29) is 25.9 Å². The van der Waals surface area contributed by atoms with Crippen molar-refractivity contribution in [1.82, 2.24) is 20.0 Å². The molecule has 238 valence electrons. The van der Waals surface area contributed by atoms with E-state index in [1.807, 2.05) is 42.3 Å². The molecule has 3 fully saturated rings. The van der Waals surface area contributed by atoms with E-state index in [4.69, 9.17) is 10.1 Å². The van der Waals surface area contributed by atoms with Crippen LogP contribution in [0.4, 0.5) is 20.2 Å². The van der Waals surface area contributed by atoms with Gasteiger partial charge in [0.15, 0.2) is 0 Å². The molecule has 0 bridgehead atoms. The van der Waals surface area contributed by atoms with E-state index in [2.05, 4.69) is 15.2 Å². The summed E-state index contributed by atoms with van der Waals surface area (Å²) in [5.41, 5.74) is 6.17. The quantitative estimate of drug-likeness (QED) is 0.298. The number of hydrogen-bond acceptors (Lipinski definition) is 8. The molecule has 13 heteroatoms. The van der Waals surface area contributed by atoms with Gasteiger partial charge in [-0.3, -0.25) is 4.98 Å². The van der Waals surface area contributed by atoms with Gasteiger partial charge in [0.25, 0.3) is 5.92 Å². The van der Waals surface area contributed by atoms with Crippen LogP contribution in [0.3, 0.4) is 0 Å². The summed E-state index contributed by atoms with van der Waals surface area (Å²) in [6.07, 6.45) is 6.04. The van der Waals surface area contributed by atoms with Gasteiger partial charge < -0.3 is 14.9 Å². The lowest BCUT2D eigenvalue weighted by atomic mass is 9.93. The molecule has 1 atom stereocenters. The molecule has 7 rings (SSSR count). The molecule has 4 heterocycles. The van der Waals surface area contributed by atoms with Gasteiger partial charge in [-0.2, -0.15) is 0 Å². The summed E-state index contributed by atoms with van der Waals surface area (Å²) in [5.74, 6) is -2.66. The number of sulfonamides is 1. The maximum Gasteiger partial charge on any atom is 0.251 e. The van der Waals surface area contributed by atoms with Crippen molar-refractivity contribution < 1.29 is 22.3 Å². The van der Waals surface area contributed by atoms with E-state index in [9.17, 15) is 22.3 Å². The van der Waals surface area contributed by atoms with E-state index < -0.39 is 27.8 Å². The molecule has 4 aromatic rings. The first kappa shape index (κ1) is 30.0. The monoisotopic (exact) mass is 637 g/mol. The number of halogens is 2. The maximum absolute atomic E-state index is 14.0. The van der Waals surface area contributed by atoms with Crippen LogP contribution in [-0.4, -0.2) is 72.2 Å². The summed E-state index contributed by atoms with van der Waals surface area (Å²) in [7, 11) is -4.03. The highest BCUT2D eigenvalue weighted by Crippen LogP contribution is 2.54. The number of pyridine rings is 1. The van der Waals surface area contributed by atoms with E-state index >= 15 is 0 Å². The molecule has 2 aliphatic heterocycles. The topological polar surface area (TPSA) is 130 Å². The summed E-state index contributed by atoms with van der Waals surface area (Å²) >= 11 is 0. The molecule has 2 saturated heterocycles. The molecule has 3 aliphatic rings. The number of aromatic nitrogens is 4. The van der Waals surface area contributed by atoms with Crippen molar-refractivity contribution in [3.63, 3.8) is 0 Å². The van der Waals surface area contributed by atoms with E-state index in [0.29, 0.717) is 16.7 Å². The Morgan fingerprint density at radius 1 is 0.911 bits per heavy atom. The number of anilines is 2. The molecule has 1 unspecified atom stereocenters. The fourth-order valence-corrected chi connectivity index (χ4v) is 7.51. The fraction of sp³-hybridized carbons (Fsp3) is 0.469. The third-order valence-corrected chi connectivity index (χ3v) is 11.1. The standard InChI is InChI=1S/C32H37F2N7O3S/c1-21-2-3-23-16-24(18-28(30(23)36-21)40-14-10-32(33,34)11-15-40)25-19-41(38-37-25)26-5-4-22(29(20-42)45(35,43)44)17-27(26)39-12-8-31(6-7-31)9-13-39/h2-5,16-19,29,42H,6-15,20H2,1H3,(H2,35,43,44). The van der Waals surface area contributed by atoms with Crippen LogP contribution in [0.5, 0.6) is 0 Å². The van der Waals surface area contributed by atoms with Crippen molar-refractivity contribution in [3.8, 4) is 16.9 Å². The van der Waals surface area contributed by atoms with Crippen LogP contribution in [0.25, 0.3) is 27.8 Å². The van der Waals surface area contributed by atoms with Gasteiger partial charge in [0.1, 0.15) is 10.9 Å². The molecule has 0 radical (unpaired) electrons. The second kappa shape index (κ2) is 11.0. The smallest absolute Gasteiger partial charge is 0.251 e. The van der Waals surface area contributed by atoms with Gasteiger partial charge in [0.2, 0.25) is 10.0 Å². The second-order valence-electron chi connectivity index (χ2n) is 12.9. The lowest BCUT2D eigenvalue weighted by Crippen LogP contribution is -2.39. The highest BCUT2D eigenvalue weighted by Gasteiger charge is 2.44. The number of nitrogens with two attached hydrogens (primary N) is 1. The van der Waals surface area contributed by atoms with Crippen LogP contribution in [0.15, 0.2) is 48.7 Å². The number of aliphatic hydroxyl groups is 1. The van der Waals surface area contributed by atoms with Crippen LogP contribution >= 0.6 is 0 Å². The minimum atomic E-state index is -4.03. The number of piperidine rings is 2. The first-order valence-corrected chi connectivity index (χ1v) is 17.0. The summed E-state index contributed by atoms with van der Waals surface area (Å²) in [6, 6.07) is 13.1. The van der Waals surface area contributed by atoms with Crippen molar-refractivity contribution in [2.75, 3.05) is 42.6 Å². The van der Waals surface area contributed by atoms with Crippen LogP contribution in [0.2, 0.25) is 0 Å². The number of benzene rings is 2. The number of rotatable bonds is 7. The zero-order valence-corrected chi connectivity index (χ0v) is 26.0. The minimum absolute atomic E-state index is 0.209. The van der Waals surface area contributed by atoms with Crippen LogP contribution in [0.1, 0.15) is 55.0 Å². The Hall–Kier alpha value is -3.68. The van der Waals surface area contributed by atoms with Crippen LogP contribution < -0.4 is 14.9 Å². The van der Waals surface area contributed by atoms with Gasteiger partial charge in [-0.25, -0.2) is 27.0 Å². The normalized spacial score (nSPS) is 20.1. The Labute approximate surface area is 260 Å². The van der Waals surface area contributed by atoms with Gasteiger partial charge >= 0.3 is 0 Å². The molecule has 2 aromatic heterocycles. The molecule has 2 aromatic carbocycles. The third-order valence-electron chi connectivity index (χ3n) is 9.84. The predicted octanol–water partition coefficient (Wildman–Crippen LogP) is 4.73. The van der Waals surface area contributed by atoms with Crippen molar-refractivity contribution >= 4 is 32.3 Å². The van der Waals surface area contributed by atoms with E-state index in [0.717, 1.165) is 65.2 Å². The average Bonchev–Trinajstić information content (AvgIpc) is 3.56. The number of aryl methyl sites for hydroxylation is 1. The van der Waals surface area contributed by atoms with E-state index in [1.54, 1.807) is 22.9 Å². The van der Waals surface area contributed by atoms with Gasteiger partial charge in [-0.15, -0.1) is 5.10 Å². The summed E-state index contributed by atoms with van der Waals surface area (Å²) in [6.45, 7) is 3.40. The van der Waals surface area contributed by atoms with Gasteiger partial charge in [0.05, 0.1) is 35.4 Å². The van der Waals surface area contributed by atoms with Gasteiger partial charge in [-0.05, 0) is 73.9 Å². The van der Waals surface area contributed by atoms with Crippen molar-refractivity contribution in [2.24, 2.45) is 10.6 Å². The molecule has 1 aliphatic carbocycles. The third kappa shape index (κ3) is 5.88. The molecule has 1 spiro atoms. The number of primary sulfonamides is 1. The van der Waals surface area contributed by atoms with E-state index in [1.165, 1.54) is 12.8 Å². The highest BCUT2D eigenvalue weighted by molar-refractivity contribution is 7.89. The summed E-state index contributed by atoms with van der Waals surface area (Å²) in [5, 5.41) is 24.0. The Bertz CT molecular complexity index is 1860. The average molecular weight is 638 g/mol. The Morgan fingerprint density at radius 3 is 2.27 bits per heavy atom. The zero-order valence-electron chi connectivity index (χ0n) is 25.2. The Balaban J connectivity index is 1.28. The number of hydrogen-bond donors (Lipinski definition) is 2. The zero-order chi connectivity index (χ0) is 31.6. The summed E-state index contributed by atoms with van der Waals surface area (Å²) < 4.78 is 54.3. The minimum Gasteiger partial charge on any atom is -0.395 e. The number of alkyl halides is 2. The van der Waals surface area contributed by atoms with Crippen LogP contribution in [-0.2, 0) is 10.0 Å². The van der Waals surface area contributed by atoms with Crippen molar-refractivity contribution in [1.29, 1.82) is 0 Å². The van der Waals surface area contributed by atoms with Crippen molar-refractivity contribution in [3.05, 3.63) is 59.9 Å². The fourth-order valence-electron chi connectivity index (χ4n) is 6.78. The van der Waals surface area contributed by atoms with Gasteiger partial charge in [0, 0.05) is 55.7 Å². The molecule has 45 heavy (non-hydrogen) atoms. The molecule has 3 N–H and O–H groups in total. The van der Waals surface area contributed by atoms with Gasteiger partial charge in [-0.1, -0.05) is 17.3 Å². The first-order valence-electron chi connectivity index (χ1n) is 15.4. The summed E-state index contributed by atoms with van der Waals surface area (Å²) in [4.78, 5) is 8.97. The molecule has 0 amide bonds. The number of fused-ring (bicyclic) bond motifs is 1. The largest absolute Gasteiger partial charge is 0.395 e. The molecule has 10 nitrogen and oxygen atoms in total. The molecular formula is C32H37F2N7O3S. The number of aliphatic hydroxyl groups excluding tert-OH is 1. The predicted molar refractivity (Wildman–Crippen MR) is 169 cm³/mol. The Morgan fingerprint density at radius 2 is 1.60 bits per heavy atom. The molecular weight excluding hydrogens is 600 g/mol. The lowest BCUT2D eigenvalue weighted by molar-refractivity contribution is -0.0220. The van der Waals surface area contributed by atoms with Crippen LogP contribution in [0, 0.1) is 12.3 Å². The number of nitrogens with zero attached hydrogens (tertiary/aromatic N) is 6. The highest BCUT2D eigenvalue weighted by atomic mass is 32.2. The Kier molecular flexibility index (Phi) is 7.33. The maximum atomic E-state index is 14.0. The lowest BCUT2D eigenvalue weighted by Gasteiger charge is -2.35. The van der Waals surface area contributed by atoms with Crippen molar-refractivity contribution in [2.45, 2.75) is 56.6 Å². The second-order valence-corrected chi connectivity index (χ2v) is 14.7. The first-order chi connectivity index (χ1) is 21.4. The SMILES string of the molecule is Cc1ccc2cc(-c3cn(-c4ccc(C(CO)S(N)(=O)=O)cc4N4CCC5(CC4)CC5)nn3)cc(N3CCC(F)(F)CC3)c2n1.